The SMILES string of the molecule is FC(F)(F)c1cc(C2CNCCO2)n2ncnc2n1. The molecule has 1 unspecified atom stereocenters. The molecular weight excluding hydrogens is 263 g/mol. The van der Waals surface area contributed by atoms with Crippen LogP contribution < -0.4 is 5.32 Å². The van der Waals surface area contributed by atoms with Crippen LogP contribution in [0.3, 0.4) is 0 Å². The Morgan fingerprint density at radius 2 is 2.26 bits per heavy atom. The summed E-state index contributed by atoms with van der Waals surface area (Å²) in [5.41, 5.74) is -0.695. The topological polar surface area (TPSA) is 64.3 Å². The zero-order chi connectivity index (χ0) is 13.5. The standard InChI is InChI=1S/C10H10F3N5O/c11-10(12,13)8-3-6(7-4-14-1-2-19-7)18-9(17-8)15-5-16-18/h3,5,7,14H,1-2,4H2. The van der Waals surface area contributed by atoms with Crippen molar-refractivity contribution >= 4 is 5.78 Å². The highest BCUT2D eigenvalue weighted by Gasteiger charge is 2.35. The summed E-state index contributed by atoms with van der Waals surface area (Å²) in [5.74, 6) is -0.0843. The maximum atomic E-state index is 12.8. The molecule has 1 aliphatic rings. The third-order valence-corrected chi connectivity index (χ3v) is 2.83. The summed E-state index contributed by atoms with van der Waals surface area (Å²) in [5, 5.41) is 6.95. The average Bonchev–Trinajstić information content (AvgIpc) is 2.85. The van der Waals surface area contributed by atoms with E-state index in [0.717, 1.165) is 6.07 Å². The Labute approximate surface area is 105 Å². The van der Waals surface area contributed by atoms with Crippen LogP contribution in [0, 0.1) is 0 Å². The predicted molar refractivity (Wildman–Crippen MR) is 57.3 cm³/mol. The van der Waals surface area contributed by atoms with Crippen LogP contribution in [0.4, 0.5) is 13.2 Å². The maximum absolute atomic E-state index is 12.8. The van der Waals surface area contributed by atoms with Crippen molar-refractivity contribution in [2.24, 2.45) is 0 Å². The van der Waals surface area contributed by atoms with Gasteiger partial charge in [0.05, 0.1) is 12.3 Å². The first-order valence-corrected chi connectivity index (χ1v) is 5.66. The molecule has 1 atom stereocenters. The Hall–Kier alpha value is -1.74. The van der Waals surface area contributed by atoms with Crippen molar-refractivity contribution in [1.82, 2.24) is 24.9 Å². The van der Waals surface area contributed by atoms with Crippen molar-refractivity contribution in [3.05, 3.63) is 23.8 Å². The van der Waals surface area contributed by atoms with E-state index in [1.807, 2.05) is 0 Å². The highest BCUT2D eigenvalue weighted by Crippen LogP contribution is 2.30. The number of rotatable bonds is 1. The average molecular weight is 273 g/mol. The minimum atomic E-state index is -4.52. The van der Waals surface area contributed by atoms with Crippen LogP contribution in [-0.2, 0) is 10.9 Å². The summed E-state index contributed by atoms with van der Waals surface area (Å²) in [6, 6.07) is 0.958. The lowest BCUT2D eigenvalue weighted by molar-refractivity contribution is -0.141. The zero-order valence-electron chi connectivity index (χ0n) is 9.68. The van der Waals surface area contributed by atoms with Crippen molar-refractivity contribution in [3.63, 3.8) is 0 Å². The molecule has 1 fully saturated rings. The van der Waals surface area contributed by atoms with Gasteiger partial charge in [-0.25, -0.2) is 4.98 Å². The predicted octanol–water partition coefficient (Wildman–Crippen LogP) is 0.804. The number of nitrogens with zero attached hydrogens (tertiary/aromatic N) is 4. The van der Waals surface area contributed by atoms with Gasteiger partial charge in [-0.2, -0.15) is 27.8 Å². The van der Waals surface area contributed by atoms with Crippen LogP contribution in [0.5, 0.6) is 0 Å². The molecule has 0 aromatic carbocycles. The minimum Gasteiger partial charge on any atom is -0.369 e. The van der Waals surface area contributed by atoms with Crippen LogP contribution in [0.1, 0.15) is 17.5 Å². The van der Waals surface area contributed by atoms with Gasteiger partial charge in [-0.05, 0) is 6.07 Å². The first-order chi connectivity index (χ1) is 9.05. The number of nitrogens with one attached hydrogen (secondary N) is 1. The molecule has 0 aliphatic carbocycles. The molecule has 2 aromatic heterocycles. The van der Waals surface area contributed by atoms with Crippen LogP contribution in [0.15, 0.2) is 12.4 Å². The van der Waals surface area contributed by atoms with Gasteiger partial charge in [0.1, 0.15) is 18.1 Å². The van der Waals surface area contributed by atoms with E-state index in [1.165, 1.54) is 10.8 Å². The van der Waals surface area contributed by atoms with E-state index in [2.05, 4.69) is 20.4 Å². The highest BCUT2D eigenvalue weighted by atomic mass is 19.4. The quantitative estimate of drug-likeness (QED) is 0.832. The van der Waals surface area contributed by atoms with E-state index in [0.29, 0.717) is 25.4 Å². The van der Waals surface area contributed by atoms with Crippen molar-refractivity contribution in [1.29, 1.82) is 0 Å². The van der Waals surface area contributed by atoms with Gasteiger partial charge in [0, 0.05) is 13.1 Å². The molecule has 1 saturated heterocycles. The summed E-state index contributed by atoms with van der Waals surface area (Å²) in [4.78, 5) is 7.16. The molecule has 19 heavy (non-hydrogen) atoms. The number of hydrogen-bond acceptors (Lipinski definition) is 5. The molecule has 1 aliphatic heterocycles. The molecule has 3 heterocycles. The largest absolute Gasteiger partial charge is 0.433 e. The third-order valence-electron chi connectivity index (χ3n) is 2.83. The number of alkyl halides is 3. The Morgan fingerprint density at radius 1 is 1.42 bits per heavy atom. The molecular formula is C10H10F3N5O. The van der Waals surface area contributed by atoms with Gasteiger partial charge in [-0.3, -0.25) is 0 Å². The molecule has 102 valence electrons. The van der Waals surface area contributed by atoms with E-state index >= 15 is 0 Å². The second kappa shape index (κ2) is 4.42. The summed E-state index contributed by atoms with van der Waals surface area (Å²) < 4.78 is 45.1. The number of morpholine rings is 1. The van der Waals surface area contributed by atoms with Gasteiger partial charge in [0.15, 0.2) is 0 Å². The molecule has 6 nitrogen and oxygen atoms in total. The Morgan fingerprint density at radius 3 is 2.95 bits per heavy atom. The number of fused-ring (bicyclic) bond motifs is 1. The van der Waals surface area contributed by atoms with Crippen LogP contribution in [-0.4, -0.2) is 39.3 Å². The summed E-state index contributed by atoms with van der Waals surface area (Å²) in [6.45, 7) is 1.54. The zero-order valence-corrected chi connectivity index (χ0v) is 9.68. The van der Waals surface area contributed by atoms with Crippen LogP contribution in [0.2, 0.25) is 0 Å². The monoisotopic (exact) mass is 273 g/mol. The fraction of sp³-hybridized carbons (Fsp3) is 0.500. The molecule has 1 N–H and O–H groups in total. The number of aromatic nitrogens is 4. The molecule has 0 bridgehead atoms. The molecule has 3 rings (SSSR count). The molecule has 0 radical (unpaired) electrons. The molecule has 9 heteroatoms. The van der Waals surface area contributed by atoms with E-state index in [1.54, 1.807) is 0 Å². The van der Waals surface area contributed by atoms with E-state index in [4.69, 9.17) is 4.74 Å². The third kappa shape index (κ3) is 2.26. The number of halogens is 3. The van der Waals surface area contributed by atoms with Crippen molar-refractivity contribution in [2.45, 2.75) is 12.3 Å². The smallest absolute Gasteiger partial charge is 0.369 e. The lowest BCUT2D eigenvalue weighted by Crippen LogP contribution is -2.34. The molecule has 0 amide bonds. The van der Waals surface area contributed by atoms with Crippen molar-refractivity contribution < 1.29 is 17.9 Å². The van der Waals surface area contributed by atoms with Gasteiger partial charge >= 0.3 is 6.18 Å². The fourth-order valence-electron chi connectivity index (χ4n) is 1.96. The fourth-order valence-corrected chi connectivity index (χ4v) is 1.96. The lowest BCUT2D eigenvalue weighted by Gasteiger charge is -2.24. The first-order valence-electron chi connectivity index (χ1n) is 5.66. The van der Waals surface area contributed by atoms with Gasteiger partial charge in [0.2, 0.25) is 0 Å². The summed E-state index contributed by atoms with van der Waals surface area (Å²) in [7, 11) is 0. The van der Waals surface area contributed by atoms with Gasteiger partial charge in [-0.15, -0.1) is 0 Å². The van der Waals surface area contributed by atoms with Crippen LogP contribution in [0.25, 0.3) is 5.78 Å². The second-order valence-electron chi connectivity index (χ2n) is 4.10. The van der Waals surface area contributed by atoms with Gasteiger partial charge in [0.25, 0.3) is 5.78 Å². The molecule has 0 saturated carbocycles. The highest BCUT2D eigenvalue weighted by molar-refractivity contribution is 5.32. The summed E-state index contributed by atoms with van der Waals surface area (Å²) in [6.07, 6.45) is -3.85. The van der Waals surface area contributed by atoms with Crippen LogP contribution >= 0.6 is 0 Å². The molecule has 0 spiro atoms. The van der Waals surface area contributed by atoms with E-state index in [-0.39, 0.29) is 5.78 Å². The Kier molecular flexibility index (Phi) is 2.86. The normalized spacial score (nSPS) is 20.9. The minimum absolute atomic E-state index is 0.0843. The Bertz CT molecular complexity index is 590. The maximum Gasteiger partial charge on any atom is 0.433 e. The van der Waals surface area contributed by atoms with E-state index < -0.39 is 18.0 Å². The van der Waals surface area contributed by atoms with Crippen molar-refractivity contribution in [3.8, 4) is 0 Å². The lowest BCUT2D eigenvalue weighted by atomic mass is 10.2. The Balaban J connectivity index is 2.12. The van der Waals surface area contributed by atoms with Gasteiger partial charge < -0.3 is 10.1 Å². The second-order valence-corrected chi connectivity index (χ2v) is 4.10. The number of ether oxygens (including phenoxy) is 1. The molecule has 2 aromatic rings. The first kappa shape index (κ1) is 12.3. The van der Waals surface area contributed by atoms with Crippen molar-refractivity contribution in [2.75, 3.05) is 19.7 Å². The number of hydrogen-bond donors (Lipinski definition) is 1. The summed E-state index contributed by atoms with van der Waals surface area (Å²) >= 11 is 0. The van der Waals surface area contributed by atoms with Gasteiger partial charge in [-0.1, -0.05) is 0 Å². The van der Waals surface area contributed by atoms with E-state index in [9.17, 15) is 13.2 Å².